The maximum Gasteiger partial charge on any atom is 0.407 e. The van der Waals surface area contributed by atoms with Gasteiger partial charge in [-0.05, 0) is 45.2 Å². The maximum atomic E-state index is 12.4. The number of nitrogens with one attached hydrogen (secondary N) is 2. The molecule has 0 saturated carbocycles. The van der Waals surface area contributed by atoms with Crippen molar-refractivity contribution in [2.24, 2.45) is 0 Å². The van der Waals surface area contributed by atoms with Gasteiger partial charge >= 0.3 is 6.09 Å². The van der Waals surface area contributed by atoms with Gasteiger partial charge in [-0.25, -0.2) is 4.79 Å². The fourth-order valence-electron chi connectivity index (χ4n) is 3.32. The highest BCUT2D eigenvalue weighted by molar-refractivity contribution is 5.92. The first kappa shape index (κ1) is 25.7. The van der Waals surface area contributed by atoms with Crippen LogP contribution in [0.3, 0.4) is 0 Å². The summed E-state index contributed by atoms with van der Waals surface area (Å²) in [6, 6.07) is 12.6. The fourth-order valence-corrected chi connectivity index (χ4v) is 3.32. The van der Waals surface area contributed by atoms with Crippen LogP contribution in [0.4, 0.5) is 10.5 Å². The smallest absolute Gasteiger partial charge is 0.407 e. The molecule has 10 nitrogen and oxygen atoms in total. The van der Waals surface area contributed by atoms with E-state index in [9.17, 15) is 14.4 Å². The molecule has 1 aromatic carbocycles. The van der Waals surface area contributed by atoms with Gasteiger partial charge in [-0.1, -0.05) is 35.5 Å². The van der Waals surface area contributed by atoms with Gasteiger partial charge in [0, 0.05) is 31.0 Å². The molecule has 3 aromatic rings. The number of aromatic nitrogens is 4. The van der Waals surface area contributed by atoms with Gasteiger partial charge in [-0.15, -0.1) is 5.10 Å². The summed E-state index contributed by atoms with van der Waals surface area (Å²) in [6.07, 6.45) is 4.78. The Kier molecular flexibility index (Phi) is 8.77. The van der Waals surface area contributed by atoms with Crippen molar-refractivity contribution in [2.45, 2.75) is 65.3 Å². The van der Waals surface area contributed by atoms with Crippen LogP contribution >= 0.6 is 0 Å². The highest BCUT2D eigenvalue weighted by Gasteiger charge is 2.16. The molecule has 0 aliphatic heterocycles. The number of ether oxygens (including phenoxy) is 1. The number of pyridine rings is 1. The number of carbonyl (C=O) groups excluding carboxylic acids is 2. The molecule has 0 atom stereocenters. The van der Waals surface area contributed by atoms with Crippen LogP contribution in [0, 0.1) is 0 Å². The number of hydrogen-bond acceptors (Lipinski definition) is 6. The van der Waals surface area contributed by atoms with E-state index >= 15 is 0 Å². The quantitative estimate of drug-likeness (QED) is 0.430. The molecule has 0 fully saturated rings. The van der Waals surface area contributed by atoms with Crippen molar-refractivity contribution in [1.82, 2.24) is 24.9 Å². The summed E-state index contributed by atoms with van der Waals surface area (Å²) < 4.78 is 8.52. The van der Waals surface area contributed by atoms with Gasteiger partial charge in [0.05, 0.1) is 19.2 Å². The van der Waals surface area contributed by atoms with Gasteiger partial charge in [0.15, 0.2) is 0 Å². The highest BCUT2D eigenvalue weighted by Crippen LogP contribution is 2.08. The normalized spacial score (nSPS) is 11.2. The number of anilines is 1. The molecule has 2 N–H and O–H groups in total. The van der Waals surface area contributed by atoms with Gasteiger partial charge in [-0.2, -0.15) is 0 Å². The van der Waals surface area contributed by atoms with Gasteiger partial charge in [0.2, 0.25) is 5.91 Å². The molecular formula is C25H32N6O4. The monoisotopic (exact) mass is 480 g/mol. The zero-order chi connectivity index (χ0) is 25.3. The molecule has 0 aliphatic rings. The number of hydrogen-bond donors (Lipinski definition) is 2. The number of alkyl carbamates (subject to hydrolysis) is 1. The summed E-state index contributed by atoms with van der Waals surface area (Å²) in [5.74, 6) is -0.165. The van der Waals surface area contributed by atoms with E-state index in [1.54, 1.807) is 48.5 Å². The lowest BCUT2D eigenvalue weighted by Gasteiger charge is -2.19. The maximum absolute atomic E-state index is 12.4. The molecule has 2 aromatic heterocycles. The van der Waals surface area contributed by atoms with E-state index in [-0.39, 0.29) is 24.4 Å². The SMILES string of the molecule is CC(C)(C)OC(=O)NCc1cn(CCCCn2ccc(NC(=O)Cc3ccccc3)cc2=O)nn1. The number of rotatable bonds is 10. The molecule has 0 aliphatic carbocycles. The Morgan fingerprint density at radius 2 is 1.80 bits per heavy atom. The molecule has 10 heteroatoms. The van der Waals surface area contributed by atoms with E-state index in [0.29, 0.717) is 24.5 Å². The molecule has 0 bridgehead atoms. The molecule has 0 saturated heterocycles. The third kappa shape index (κ3) is 9.07. The standard InChI is InChI=1S/C25H32N6O4/c1-25(2,3)35-24(34)26-17-21-18-31(29-28-21)13-8-7-12-30-14-11-20(16-23(30)33)27-22(32)15-19-9-5-4-6-10-19/h4-6,9-11,14,16,18H,7-8,12-13,15,17H2,1-3H3,(H,26,34)(H,27,32). The fraction of sp³-hybridized carbons (Fsp3) is 0.400. The van der Waals surface area contributed by atoms with Crippen LogP contribution < -0.4 is 16.2 Å². The third-order valence-corrected chi connectivity index (χ3v) is 4.92. The van der Waals surface area contributed by atoms with Crippen LogP contribution in [0.2, 0.25) is 0 Å². The van der Waals surface area contributed by atoms with Gasteiger partial charge in [-0.3, -0.25) is 14.3 Å². The second-order valence-electron chi connectivity index (χ2n) is 9.19. The van der Waals surface area contributed by atoms with Crippen molar-refractivity contribution < 1.29 is 14.3 Å². The van der Waals surface area contributed by atoms with Crippen molar-refractivity contribution in [3.8, 4) is 0 Å². The summed E-state index contributed by atoms with van der Waals surface area (Å²) in [5, 5.41) is 13.5. The average molecular weight is 481 g/mol. The van der Waals surface area contributed by atoms with Crippen molar-refractivity contribution >= 4 is 17.7 Å². The van der Waals surface area contributed by atoms with Crippen molar-refractivity contribution in [1.29, 1.82) is 0 Å². The number of aryl methyl sites for hydroxylation is 2. The Labute approximate surface area is 204 Å². The number of carbonyl (C=O) groups is 2. The minimum atomic E-state index is -0.555. The lowest BCUT2D eigenvalue weighted by atomic mass is 10.1. The zero-order valence-corrected chi connectivity index (χ0v) is 20.4. The molecule has 0 unspecified atom stereocenters. The predicted molar refractivity (Wildman–Crippen MR) is 132 cm³/mol. The van der Waals surface area contributed by atoms with Crippen molar-refractivity contribution in [3.63, 3.8) is 0 Å². The lowest BCUT2D eigenvalue weighted by Crippen LogP contribution is -2.32. The Hall–Kier alpha value is -3.95. The highest BCUT2D eigenvalue weighted by atomic mass is 16.6. The number of amides is 2. The topological polar surface area (TPSA) is 120 Å². The zero-order valence-electron chi connectivity index (χ0n) is 20.4. The number of unbranched alkanes of at least 4 members (excludes halogenated alkanes) is 1. The summed E-state index contributed by atoms with van der Waals surface area (Å²) in [6.45, 7) is 6.84. The Balaban J connectivity index is 1.39. The van der Waals surface area contributed by atoms with Gasteiger partial charge < -0.3 is 19.9 Å². The first-order valence-electron chi connectivity index (χ1n) is 11.6. The van der Waals surface area contributed by atoms with E-state index < -0.39 is 11.7 Å². The van der Waals surface area contributed by atoms with E-state index in [1.165, 1.54) is 6.07 Å². The van der Waals surface area contributed by atoms with Crippen LogP contribution in [0.25, 0.3) is 0 Å². The number of benzene rings is 1. The molecule has 186 valence electrons. The lowest BCUT2D eigenvalue weighted by molar-refractivity contribution is -0.115. The Morgan fingerprint density at radius 1 is 1.06 bits per heavy atom. The minimum absolute atomic E-state index is 0.165. The molecule has 0 spiro atoms. The summed E-state index contributed by atoms with van der Waals surface area (Å²) in [4.78, 5) is 36.3. The summed E-state index contributed by atoms with van der Waals surface area (Å²) in [7, 11) is 0. The molecule has 0 radical (unpaired) electrons. The predicted octanol–water partition coefficient (Wildman–Crippen LogP) is 3.13. The Bertz CT molecular complexity index is 1180. The first-order chi connectivity index (χ1) is 16.7. The Morgan fingerprint density at radius 3 is 2.51 bits per heavy atom. The summed E-state index contributed by atoms with van der Waals surface area (Å²) >= 11 is 0. The van der Waals surface area contributed by atoms with Gasteiger partial charge in [0.25, 0.3) is 5.56 Å². The molecule has 2 amide bonds. The van der Waals surface area contributed by atoms with Crippen molar-refractivity contribution in [3.05, 3.63) is 76.5 Å². The van der Waals surface area contributed by atoms with Crippen LogP contribution in [0.5, 0.6) is 0 Å². The second-order valence-corrected chi connectivity index (χ2v) is 9.19. The molecular weight excluding hydrogens is 448 g/mol. The van der Waals surface area contributed by atoms with E-state index in [0.717, 1.165) is 18.4 Å². The van der Waals surface area contributed by atoms with E-state index in [1.807, 2.05) is 30.3 Å². The molecule has 2 heterocycles. The van der Waals surface area contributed by atoms with Crippen LogP contribution in [0.1, 0.15) is 44.9 Å². The van der Waals surface area contributed by atoms with Gasteiger partial charge in [0.1, 0.15) is 11.3 Å². The number of nitrogens with zero attached hydrogens (tertiary/aromatic N) is 4. The molecule has 3 rings (SSSR count). The largest absolute Gasteiger partial charge is 0.444 e. The van der Waals surface area contributed by atoms with E-state index in [4.69, 9.17) is 4.74 Å². The second kappa shape index (κ2) is 12.0. The van der Waals surface area contributed by atoms with Crippen LogP contribution in [-0.2, 0) is 35.6 Å². The van der Waals surface area contributed by atoms with Crippen molar-refractivity contribution in [2.75, 3.05) is 5.32 Å². The van der Waals surface area contributed by atoms with E-state index in [2.05, 4.69) is 20.9 Å². The summed E-state index contributed by atoms with van der Waals surface area (Å²) in [5.41, 5.74) is 1.32. The van der Waals surface area contributed by atoms with Crippen LogP contribution in [-0.4, -0.2) is 37.2 Å². The van der Waals surface area contributed by atoms with Crippen LogP contribution in [0.15, 0.2) is 59.7 Å². The minimum Gasteiger partial charge on any atom is -0.444 e. The third-order valence-electron chi connectivity index (χ3n) is 4.92. The average Bonchev–Trinajstić information content (AvgIpc) is 3.24. The first-order valence-corrected chi connectivity index (χ1v) is 11.6. The molecule has 35 heavy (non-hydrogen) atoms.